The highest BCUT2D eigenvalue weighted by Gasteiger charge is 2.23. The second-order valence-corrected chi connectivity index (χ2v) is 6.28. The minimum atomic E-state index is 0.475. The standard InChI is InChI=1S/C12H19N3OS/c1-2-6-17-10(3-1)12-14-11(16-15-12)7-9-4-5-13-8-9/h9-10,13H,1-8H2. The Kier molecular flexibility index (Phi) is 3.66. The highest BCUT2D eigenvalue weighted by atomic mass is 32.2. The lowest BCUT2D eigenvalue weighted by Crippen LogP contribution is -2.11. The number of hydrogen-bond donors (Lipinski definition) is 1. The van der Waals surface area contributed by atoms with Crippen LogP contribution in [0, 0.1) is 5.92 Å². The molecule has 2 saturated heterocycles. The van der Waals surface area contributed by atoms with Gasteiger partial charge in [0, 0.05) is 6.42 Å². The van der Waals surface area contributed by atoms with Crippen molar-refractivity contribution in [1.82, 2.24) is 15.5 Å². The summed E-state index contributed by atoms with van der Waals surface area (Å²) < 4.78 is 5.38. The Hall–Kier alpha value is -0.550. The fraction of sp³-hybridized carbons (Fsp3) is 0.833. The quantitative estimate of drug-likeness (QED) is 0.894. The summed E-state index contributed by atoms with van der Waals surface area (Å²) in [4.78, 5) is 4.57. The second kappa shape index (κ2) is 5.40. The molecule has 3 rings (SSSR count). The van der Waals surface area contributed by atoms with Gasteiger partial charge in [0.05, 0.1) is 5.25 Å². The molecule has 2 fully saturated rings. The molecule has 94 valence electrons. The molecule has 2 aliphatic rings. The molecule has 0 saturated carbocycles. The molecule has 1 N–H and O–H groups in total. The number of aromatic nitrogens is 2. The van der Waals surface area contributed by atoms with Crippen molar-refractivity contribution in [3.63, 3.8) is 0 Å². The maximum absolute atomic E-state index is 5.38. The molecule has 2 aliphatic heterocycles. The number of nitrogens with zero attached hydrogens (tertiary/aromatic N) is 2. The molecular weight excluding hydrogens is 234 g/mol. The SMILES string of the molecule is C1CCC(c2noc(CC3CCNC3)n2)SC1. The van der Waals surface area contributed by atoms with Crippen molar-refractivity contribution < 1.29 is 4.52 Å². The van der Waals surface area contributed by atoms with Crippen molar-refractivity contribution in [2.24, 2.45) is 5.92 Å². The molecule has 17 heavy (non-hydrogen) atoms. The number of nitrogens with one attached hydrogen (secondary N) is 1. The molecule has 0 aromatic carbocycles. The van der Waals surface area contributed by atoms with Crippen LogP contribution in [-0.4, -0.2) is 29.0 Å². The first kappa shape index (κ1) is 11.5. The van der Waals surface area contributed by atoms with E-state index in [0.29, 0.717) is 11.2 Å². The third kappa shape index (κ3) is 2.83. The van der Waals surface area contributed by atoms with Gasteiger partial charge < -0.3 is 9.84 Å². The van der Waals surface area contributed by atoms with Crippen LogP contribution in [0.4, 0.5) is 0 Å². The van der Waals surface area contributed by atoms with E-state index in [-0.39, 0.29) is 0 Å². The monoisotopic (exact) mass is 253 g/mol. The third-order valence-corrected chi connectivity index (χ3v) is 4.95. The normalized spacial score (nSPS) is 29.6. The van der Waals surface area contributed by atoms with Gasteiger partial charge in [-0.05, 0) is 44.0 Å². The molecule has 0 amide bonds. The summed E-state index contributed by atoms with van der Waals surface area (Å²) in [5.74, 6) is 3.68. The largest absolute Gasteiger partial charge is 0.339 e. The van der Waals surface area contributed by atoms with E-state index in [2.05, 4.69) is 15.5 Å². The van der Waals surface area contributed by atoms with Crippen molar-refractivity contribution in [1.29, 1.82) is 0 Å². The van der Waals surface area contributed by atoms with Gasteiger partial charge in [-0.25, -0.2) is 0 Å². The first-order chi connectivity index (χ1) is 8.42. The lowest BCUT2D eigenvalue weighted by Gasteiger charge is -2.17. The molecule has 1 aromatic heterocycles. The highest BCUT2D eigenvalue weighted by Crippen LogP contribution is 2.36. The summed E-state index contributed by atoms with van der Waals surface area (Å²) in [5.41, 5.74) is 0. The predicted octanol–water partition coefficient (Wildman–Crippen LogP) is 2.18. The minimum Gasteiger partial charge on any atom is -0.339 e. The summed E-state index contributed by atoms with van der Waals surface area (Å²) in [5, 5.41) is 8.00. The predicted molar refractivity (Wildman–Crippen MR) is 68.0 cm³/mol. The van der Waals surface area contributed by atoms with Crippen molar-refractivity contribution >= 4 is 11.8 Å². The van der Waals surface area contributed by atoms with E-state index >= 15 is 0 Å². The number of thioether (sulfide) groups is 1. The molecule has 1 aromatic rings. The van der Waals surface area contributed by atoms with Gasteiger partial charge in [0.15, 0.2) is 5.82 Å². The lowest BCUT2D eigenvalue weighted by molar-refractivity contribution is 0.353. The first-order valence-electron chi connectivity index (χ1n) is 6.56. The van der Waals surface area contributed by atoms with Crippen LogP contribution in [0.2, 0.25) is 0 Å². The zero-order valence-corrected chi connectivity index (χ0v) is 10.8. The average molecular weight is 253 g/mol. The van der Waals surface area contributed by atoms with E-state index in [1.54, 1.807) is 0 Å². The van der Waals surface area contributed by atoms with Gasteiger partial charge in [-0.2, -0.15) is 16.7 Å². The van der Waals surface area contributed by atoms with Gasteiger partial charge in [0.2, 0.25) is 5.89 Å². The number of hydrogen-bond acceptors (Lipinski definition) is 5. The Morgan fingerprint density at radius 3 is 3.12 bits per heavy atom. The molecule has 3 heterocycles. The number of rotatable bonds is 3. The van der Waals surface area contributed by atoms with E-state index in [1.165, 1.54) is 31.4 Å². The Labute approximate surface area is 106 Å². The molecule has 5 heteroatoms. The summed E-state index contributed by atoms with van der Waals surface area (Å²) in [7, 11) is 0. The van der Waals surface area contributed by atoms with E-state index in [1.807, 2.05) is 11.8 Å². The van der Waals surface area contributed by atoms with Crippen LogP contribution in [0.25, 0.3) is 0 Å². The molecule has 0 bridgehead atoms. The second-order valence-electron chi connectivity index (χ2n) is 4.96. The zero-order chi connectivity index (χ0) is 11.5. The summed E-state index contributed by atoms with van der Waals surface area (Å²) in [6.07, 6.45) is 6.01. The molecule has 0 spiro atoms. The molecule has 2 unspecified atom stereocenters. The first-order valence-corrected chi connectivity index (χ1v) is 7.61. The van der Waals surface area contributed by atoms with Crippen LogP contribution in [0.15, 0.2) is 4.52 Å². The van der Waals surface area contributed by atoms with Crippen molar-refractivity contribution in [3.8, 4) is 0 Å². The molecule has 2 atom stereocenters. The van der Waals surface area contributed by atoms with Gasteiger partial charge >= 0.3 is 0 Å². The van der Waals surface area contributed by atoms with Gasteiger partial charge in [-0.3, -0.25) is 0 Å². The lowest BCUT2D eigenvalue weighted by atomic mass is 10.1. The van der Waals surface area contributed by atoms with Gasteiger partial charge in [0.1, 0.15) is 0 Å². The van der Waals surface area contributed by atoms with E-state index in [4.69, 9.17) is 4.52 Å². The minimum absolute atomic E-state index is 0.475. The van der Waals surface area contributed by atoms with E-state index in [0.717, 1.165) is 31.2 Å². The summed E-state index contributed by atoms with van der Waals surface area (Å²) >= 11 is 1.98. The molecule has 4 nitrogen and oxygen atoms in total. The van der Waals surface area contributed by atoms with Crippen molar-refractivity contribution in [2.45, 2.75) is 37.4 Å². The maximum atomic E-state index is 5.38. The highest BCUT2D eigenvalue weighted by molar-refractivity contribution is 7.99. The summed E-state index contributed by atoms with van der Waals surface area (Å²) in [6.45, 7) is 2.22. The third-order valence-electron chi connectivity index (χ3n) is 3.58. The molecular formula is C12H19N3OS. The Morgan fingerprint density at radius 2 is 2.35 bits per heavy atom. The van der Waals surface area contributed by atoms with Gasteiger partial charge in [-0.15, -0.1) is 0 Å². The topological polar surface area (TPSA) is 51.0 Å². The van der Waals surface area contributed by atoms with Crippen LogP contribution in [0.5, 0.6) is 0 Å². The summed E-state index contributed by atoms with van der Waals surface area (Å²) in [6, 6.07) is 0. The molecule has 0 radical (unpaired) electrons. The fourth-order valence-corrected chi connectivity index (χ4v) is 3.80. The van der Waals surface area contributed by atoms with Crippen molar-refractivity contribution in [3.05, 3.63) is 11.7 Å². The average Bonchev–Trinajstić information content (AvgIpc) is 3.02. The van der Waals surface area contributed by atoms with Gasteiger partial charge in [0.25, 0.3) is 0 Å². The van der Waals surface area contributed by atoms with Crippen LogP contribution < -0.4 is 5.32 Å². The fourth-order valence-electron chi connectivity index (χ4n) is 2.56. The Balaban J connectivity index is 1.60. The smallest absolute Gasteiger partial charge is 0.227 e. The maximum Gasteiger partial charge on any atom is 0.227 e. The van der Waals surface area contributed by atoms with E-state index in [9.17, 15) is 0 Å². The van der Waals surface area contributed by atoms with Crippen LogP contribution >= 0.6 is 11.8 Å². The Bertz CT molecular complexity index is 356. The van der Waals surface area contributed by atoms with Crippen molar-refractivity contribution in [2.75, 3.05) is 18.8 Å². The van der Waals surface area contributed by atoms with Crippen LogP contribution in [-0.2, 0) is 6.42 Å². The van der Waals surface area contributed by atoms with Crippen LogP contribution in [0.3, 0.4) is 0 Å². The van der Waals surface area contributed by atoms with Crippen LogP contribution in [0.1, 0.15) is 42.6 Å². The Morgan fingerprint density at radius 1 is 1.35 bits per heavy atom. The zero-order valence-electron chi connectivity index (χ0n) is 10.0. The van der Waals surface area contributed by atoms with E-state index < -0.39 is 0 Å². The van der Waals surface area contributed by atoms with Gasteiger partial charge in [-0.1, -0.05) is 11.6 Å². The molecule has 0 aliphatic carbocycles.